The van der Waals surface area contributed by atoms with Crippen LogP contribution >= 0.6 is 0 Å². The molecular formula is C24H26O7. The average molecular weight is 426 g/mol. The number of aliphatic hydroxyl groups is 3. The smallest absolute Gasteiger partial charge is 0.209 e. The molecule has 1 aromatic rings. The third kappa shape index (κ3) is 2.79. The zero-order valence-electron chi connectivity index (χ0n) is 17.8. The first-order valence-electron chi connectivity index (χ1n) is 10.6. The van der Waals surface area contributed by atoms with Crippen LogP contribution < -0.4 is 0 Å². The number of hydrogen-bond donors (Lipinski definition) is 4. The largest absolute Gasteiger partial charge is 0.511 e. The van der Waals surface area contributed by atoms with Gasteiger partial charge < -0.3 is 20.4 Å². The third-order valence-electron chi connectivity index (χ3n) is 6.99. The van der Waals surface area contributed by atoms with Gasteiger partial charge in [0, 0.05) is 17.9 Å². The highest BCUT2D eigenvalue weighted by molar-refractivity contribution is 6.25. The van der Waals surface area contributed by atoms with Crippen LogP contribution in [0, 0.1) is 18.8 Å². The van der Waals surface area contributed by atoms with E-state index in [4.69, 9.17) is 0 Å². The van der Waals surface area contributed by atoms with Crippen LogP contribution in [-0.4, -0.2) is 43.4 Å². The number of hydrogen-bond acceptors (Lipinski definition) is 7. The van der Waals surface area contributed by atoms with E-state index < -0.39 is 51.9 Å². The zero-order chi connectivity index (χ0) is 22.8. The van der Waals surface area contributed by atoms with Crippen LogP contribution in [0.2, 0.25) is 0 Å². The van der Waals surface area contributed by atoms with Gasteiger partial charge in [0.2, 0.25) is 5.78 Å². The molecule has 0 bridgehead atoms. The van der Waals surface area contributed by atoms with Crippen molar-refractivity contribution in [3.05, 3.63) is 51.0 Å². The van der Waals surface area contributed by atoms with E-state index in [1.807, 2.05) is 19.9 Å². The van der Waals surface area contributed by atoms with Crippen molar-refractivity contribution in [2.45, 2.75) is 58.5 Å². The zero-order valence-corrected chi connectivity index (χ0v) is 17.8. The molecule has 4 N–H and O–H groups in total. The number of ketones is 3. The lowest BCUT2D eigenvalue weighted by atomic mass is 9.60. The minimum atomic E-state index is -2.45. The van der Waals surface area contributed by atoms with Crippen molar-refractivity contribution in [1.29, 1.82) is 0 Å². The van der Waals surface area contributed by atoms with Gasteiger partial charge >= 0.3 is 0 Å². The molecule has 0 radical (unpaired) electrons. The number of fused-ring (bicyclic) bond motifs is 3. The van der Waals surface area contributed by atoms with Crippen LogP contribution in [0.5, 0.6) is 5.75 Å². The summed E-state index contributed by atoms with van der Waals surface area (Å²) in [5.74, 6) is -5.03. The molecule has 7 heteroatoms. The Balaban J connectivity index is 1.91. The molecule has 164 valence electrons. The maximum atomic E-state index is 13.5. The quantitative estimate of drug-likeness (QED) is 0.546. The molecule has 0 amide bonds. The first-order valence-corrected chi connectivity index (χ1v) is 10.6. The number of Topliss-reactive ketones (excluding diaryl/α,β-unsaturated/α-hetero) is 3. The minimum absolute atomic E-state index is 0.0905. The van der Waals surface area contributed by atoms with Crippen LogP contribution in [0.25, 0.3) is 0 Å². The van der Waals surface area contributed by atoms with E-state index in [1.54, 1.807) is 0 Å². The number of aromatic hydroxyl groups is 1. The van der Waals surface area contributed by atoms with E-state index in [1.165, 1.54) is 0 Å². The summed E-state index contributed by atoms with van der Waals surface area (Å²) in [4.78, 5) is 38.3. The van der Waals surface area contributed by atoms with Gasteiger partial charge in [0.05, 0.1) is 5.56 Å². The summed E-state index contributed by atoms with van der Waals surface area (Å²) in [6.07, 6.45) is 1.75. The second-order valence-corrected chi connectivity index (χ2v) is 8.91. The van der Waals surface area contributed by atoms with Gasteiger partial charge in [-0.15, -0.1) is 0 Å². The van der Waals surface area contributed by atoms with Crippen molar-refractivity contribution in [3.63, 3.8) is 0 Å². The Morgan fingerprint density at radius 3 is 2.48 bits per heavy atom. The molecule has 0 aliphatic heterocycles. The molecule has 0 aromatic heterocycles. The number of aliphatic hydroxyl groups excluding tert-OH is 2. The predicted molar refractivity (Wildman–Crippen MR) is 111 cm³/mol. The van der Waals surface area contributed by atoms with Crippen molar-refractivity contribution in [2.75, 3.05) is 0 Å². The van der Waals surface area contributed by atoms with Crippen molar-refractivity contribution >= 4 is 17.3 Å². The summed E-state index contributed by atoms with van der Waals surface area (Å²) in [7, 11) is 0. The van der Waals surface area contributed by atoms with Gasteiger partial charge in [0.25, 0.3) is 0 Å². The number of aryl methyl sites for hydroxylation is 2. The number of carbonyl (C=O) groups excluding carboxylic acids is 3. The number of benzene rings is 1. The van der Waals surface area contributed by atoms with E-state index in [2.05, 4.69) is 0 Å². The fourth-order valence-corrected chi connectivity index (χ4v) is 5.51. The Bertz CT molecular complexity index is 1110. The maximum absolute atomic E-state index is 13.5. The van der Waals surface area contributed by atoms with Crippen LogP contribution in [0.3, 0.4) is 0 Å². The summed E-state index contributed by atoms with van der Waals surface area (Å²) in [5, 5.41) is 43.3. The van der Waals surface area contributed by atoms with E-state index in [0.717, 1.165) is 18.9 Å². The van der Waals surface area contributed by atoms with E-state index >= 15 is 0 Å². The lowest BCUT2D eigenvalue weighted by Crippen LogP contribution is -2.56. The summed E-state index contributed by atoms with van der Waals surface area (Å²) >= 11 is 0. The Kier molecular flexibility index (Phi) is 4.85. The molecule has 0 heterocycles. The highest BCUT2D eigenvalue weighted by Gasteiger charge is 2.59. The van der Waals surface area contributed by atoms with Crippen LogP contribution in [0.1, 0.15) is 60.2 Å². The van der Waals surface area contributed by atoms with E-state index in [9.17, 15) is 34.8 Å². The molecule has 1 aromatic carbocycles. The van der Waals surface area contributed by atoms with Crippen LogP contribution in [0.15, 0.2) is 28.7 Å². The van der Waals surface area contributed by atoms with Gasteiger partial charge in [0.1, 0.15) is 22.8 Å². The van der Waals surface area contributed by atoms with Crippen LogP contribution in [-0.2, 0) is 22.4 Å². The number of allylic oxidation sites excluding steroid dienone is 2. The molecule has 7 nitrogen and oxygen atoms in total. The third-order valence-corrected chi connectivity index (χ3v) is 6.99. The molecule has 0 saturated carbocycles. The molecule has 3 aliphatic carbocycles. The molecule has 31 heavy (non-hydrogen) atoms. The SMILES string of the molecule is CCCc1cc(C)c2c(c1O)C(=O)C1=C(O)C3(O)C(=O)C(C(C)=O)=C(O)CC3CC1C2. The highest BCUT2D eigenvalue weighted by atomic mass is 16.3. The number of rotatable bonds is 3. The Hall–Kier alpha value is -2.93. The topological polar surface area (TPSA) is 132 Å². The monoisotopic (exact) mass is 426 g/mol. The average Bonchev–Trinajstić information content (AvgIpc) is 2.68. The number of phenols is 1. The Morgan fingerprint density at radius 1 is 1.19 bits per heavy atom. The van der Waals surface area contributed by atoms with E-state index in [0.29, 0.717) is 24.0 Å². The second-order valence-electron chi connectivity index (χ2n) is 8.91. The Labute approximate surface area is 179 Å². The maximum Gasteiger partial charge on any atom is 0.209 e. The standard InChI is InChI=1S/C24H26O7/c1-4-5-12-6-10(2)15-8-13-7-14-9-16(26)17(11(3)25)22(29)24(14,31)23(30)18(13)21(28)19(15)20(12)27/h6,13-14,26-27,30-31H,4-5,7-9H2,1-3H3. The minimum Gasteiger partial charge on any atom is -0.511 e. The molecule has 3 atom stereocenters. The van der Waals surface area contributed by atoms with Gasteiger partial charge in [-0.2, -0.15) is 0 Å². The Morgan fingerprint density at radius 2 is 1.87 bits per heavy atom. The molecule has 3 unspecified atom stereocenters. The summed E-state index contributed by atoms with van der Waals surface area (Å²) in [6, 6.07) is 1.87. The van der Waals surface area contributed by atoms with Gasteiger partial charge in [-0.05, 0) is 55.7 Å². The van der Waals surface area contributed by atoms with Gasteiger partial charge in [0.15, 0.2) is 17.2 Å². The summed E-state index contributed by atoms with van der Waals surface area (Å²) in [5.41, 5.74) is -0.775. The second kappa shape index (κ2) is 7.05. The fraction of sp³-hybridized carbons (Fsp3) is 0.458. The molecule has 0 spiro atoms. The normalized spacial score (nSPS) is 27.7. The van der Waals surface area contributed by atoms with Crippen molar-refractivity contribution in [3.8, 4) is 5.75 Å². The van der Waals surface area contributed by atoms with Gasteiger partial charge in [-0.1, -0.05) is 19.4 Å². The molecular weight excluding hydrogens is 400 g/mol. The summed E-state index contributed by atoms with van der Waals surface area (Å²) in [6.45, 7) is 4.93. The molecule has 3 aliphatic rings. The predicted octanol–water partition coefficient (Wildman–Crippen LogP) is 2.95. The van der Waals surface area contributed by atoms with Crippen molar-refractivity contribution < 1.29 is 34.8 Å². The van der Waals surface area contributed by atoms with Crippen LogP contribution in [0.4, 0.5) is 0 Å². The lowest BCUT2D eigenvalue weighted by molar-refractivity contribution is -0.144. The highest BCUT2D eigenvalue weighted by Crippen LogP contribution is 2.52. The van der Waals surface area contributed by atoms with Gasteiger partial charge in [-0.3, -0.25) is 14.4 Å². The van der Waals surface area contributed by atoms with Crippen molar-refractivity contribution in [1.82, 2.24) is 0 Å². The molecule has 0 fully saturated rings. The lowest BCUT2D eigenvalue weighted by Gasteiger charge is -2.45. The van der Waals surface area contributed by atoms with Gasteiger partial charge in [-0.25, -0.2) is 0 Å². The van der Waals surface area contributed by atoms with E-state index in [-0.39, 0.29) is 29.7 Å². The first-order chi connectivity index (χ1) is 14.5. The molecule has 4 rings (SSSR count). The number of carbonyl (C=O) groups is 3. The fourth-order valence-electron chi connectivity index (χ4n) is 5.51. The summed E-state index contributed by atoms with van der Waals surface area (Å²) < 4.78 is 0. The molecule has 0 saturated heterocycles. The van der Waals surface area contributed by atoms with Crippen molar-refractivity contribution in [2.24, 2.45) is 11.8 Å². The first kappa shape index (κ1) is 21.3. The number of phenolic OH excluding ortho intramolecular Hbond substituents is 1.